The van der Waals surface area contributed by atoms with Crippen molar-refractivity contribution in [2.24, 2.45) is 5.92 Å². The number of hydrogen-bond donors (Lipinski definition) is 0. The Hall–Kier alpha value is -1.57. The van der Waals surface area contributed by atoms with Crippen molar-refractivity contribution in [1.82, 2.24) is 0 Å². The predicted molar refractivity (Wildman–Crippen MR) is 65.9 cm³/mol. The van der Waals surface area contributed by atoms with Crippen molar-refractivity contribution in [3.05, 3.63) is 42.0 Å². The van der Waals surface area contributed by atoms with Crippen molar-refractivity contribution in [1.29, 1.82) is 0 Å². The first-order chi connectivity index (χ1) is 7.77. The second-order valence-electron chi connectivity index (χ2n) is 3.69. The van der Waals surface area contributed by atoms with Gasteiger partial charge in [0.05, 0.1) is 13.0 Å². The number of carbonyl (C=O) groups is 1. The van der Waals surface area contributed by atoms with Crippen LogP contribution in [0.5, 0.6) is 0 Å². The molecule has 0 spiro atoms. The summed E-state index contributed by atoms with van der Waals surface area (Å²) in [6.45, 7) is 2.06. The largest absolute Gasteiger partial charge is 0.469 e. The van der Waals surface area contributed by atoms with Gasteiger partial charge in [-0.3, -0.25) is 4.79 Å². The van der Waals surface area contributed by atoms with Gasteiger partial charge in [-0.1, -0.05) is 55.8 Å². The van der Waals surface area contributed by atoms with Crippen molar-refractivity contribution < 1.29 is 9.53 Å². The average molecular weight is 218 g/mol. The Bertz CT molecular complexity index is 341. The van der Waals surface area contributed by atoms with Gasteiger partial charge in [0.25, 0.3) is 0 Å². The van der Waals surface area contributed by atoms with Crippen LogP contribution in [0.4, 0.5) is 0 Å². The summed E-state index contributed by atoms with van der Waals surface area (Å²) in [5.74, 6) is -0.288. The highest BCUT2D eigenvalue weighted by molar-refractivity contribution is 5.75. The normalized spacial score (nSPS) is 12.6. The summed E-state index contributed by atoms with van der Waals surface area (Å²) in [5.41, 5.74) is 1.10. The zero-order valence-electron chi connectivity index (χ0n) is 9.85. The Morgan fingerprint density at radius 1 is 1.38 bits per heavy atom. The molecule has 0 N–H and O–H groups in total. The van der Waals surface area contributed by atoms with E-state index in [4.69, 9.17) is 4.74 Å². The highest BCUT2D eigenvalue weighted by Gasteiger charge is 2.13. The lowest BCUT2D eigenvalue weighted by Gasteiger charge is -2.08. The molecule has 0 heterocycles. The van der Waals surface area contributed by atoms with Gasteiger partial charge < -0.3 is 4.74 Å². The fourth-order valence-electron chi connectivity index (χ4n) is 1.55. The molecule has 0 saturated carbocycles. The van der Waals surface area contributed by atoms with Gasteiger partial charge in [-0.25, -0.2) is 0 Å². The van der Waals surface area contributed by atoms with E-state index in [1.807, 2.05) is 42.5 Å². The van der Waals surface area contributed by atoms with Gasteiger partial charge in [0.2, 0.25) is 0 Å². The maximum atomic E-state index is 11.4. The number of methoxy groups -OCH3 is 1. The van der Waals surface area contributed by atoms with Crippen LogP contribution in [0.15, 0.2) is 36.4 Å². The van der Waals surface area contributed by atoms with Gasteiger partial charge in [0, 0.05) is 0 Å². The van der Waals surface area contributed by atoms with Gasteiger partial charge in [0.1, 0.15) is 0 Å². The monoisotopic (exact) mass is 218 g/mol. The SMILES string of the molecule is CCCC(C=Cc1ccccc1)C(=O)OC. The van der Waals surface area contributed by atoms with Gasteiger partial charge >= 0.3 is 5.97 Å². The first-order valence-electron chi connectivity index (χ1n) is 5.59. The molecular weight excluding hydrogens is 200 g/mol. The zero-order chi connectivity index (χ0) is 11.8. The van der Waals surface area contributed by atoms with Crippen LogP contribution >= 0.6 is 0 Å². The van der Waals surface area contributed by atoms with Crippen molar-refractivity contribution in [3.8, 4) is 0 Å². The maximum absolute atomic E-state index is 11.4. The Morgan fingerprint density at radius 3 is 2.62 bits per heavy atom. The number of esters is 1. The molecule has 0 bridgehead atoms. The molecule has 1 rings (SSSR count). The Morgan fingerprint density at radius 2 is 2.06 bits per heavy atom. The van der Waals surface area contributed by atoms with E-state index in [-0.39, 0.29) is 11.9 Å². The summed E-state index contributed by atoms with van der Waals surface area (Å²) in [5, 5.41) is 0. The molecule has 0 aliphatic heterocycles. The summed E-state index contributed by atoms with van der Waals surface area (Å²) >= 11 is 0. The highest BCUT2D eigenvalue weighted by atomic mass is 16.5. The summed E-state index contributed by atoms with van der Waals surface area (Å²) in [6, 6.07) is 9.95. The van der Waals surface area contributed by atoms with Gasteiger partial charge in [0.15, 0.2) is 0 Å². The van der Waals surface area contributed by atoms with Gasteiger partial charge in [-0.15, -0.1) is 0 Å². The molecule has 2 heteroatoms. The smallest absolute Gasteiger partial charge is 0.312 e. The molecule has 0 saturated heterocycles. The molecule has 1 aromatic rings. The summed E-state index contributed by atoms with van der Waals surface area (Å²) in [7, 11) is 1.43. The molecular formula is C14H18O2. The van der Waals surface area contributed by atoms with Crippen LogP contribution in [0.25, 0.3) is 6.08 Å². The van der Waals surface area contributed by atoms with E-state index < -0.39 is 0 Å². The molecule has 1 unspecified atom stereocenters. The van der Waals surface area contributed by atoms with Crippen LogP contribution in [0, 0.1) is 5.92 Å². The lowest BCUT2D eigenvalue weighted by atomic mass is 10.0. The average Bonchev–Trinajstić information content (AvgIpc) is 2.34. The van der Waals surface area contributed by atoms with E-state index >= 15 is 0 Å². The van der Waals surface area contributed by atoms with E-state index in [1.165, 1.54) is 7.11 Å². The van der Waals surface area contributed by atoms with E-state index in [9.17, 15) is 4.79 Å². The Balaban J connectivity index is 2.68. The second kappa shape index (κ2) is 6.83. The summed E-state index contributed by atoms with van der Waals surface area (Å²) in [6.07, 6.45) is 5.69. The highest BCUT2D eigenvalue weighted by Crippen LogP contribution is 2.12. The first-order valence-corrected chi connectivity index (χ1v) is 5.59. The molecule has 0 aliphatic rings. The zero-order valence-corrected chi connectivity index (χ0v) is 9.85. The lowest BCUT2D eigenvalue weighted by molar-refractivity contribution is -0.143. The van der Waals surface area contributed by atoms with E-state index in [1.54, 1.807) is 0 Å². The molecule has 1 atom stereocenters. The van der Waals surface area contributed by atoms with Crippen molar-refractivity contribution >= 4 is 12.0 Å². The third-order valence-corrected chi connectivity index (χ3v) is 2.42. The Kier molecular flexibility index (Phi) is 5.34. The predicted octanol–water partition coefficient (Wildman–Crippen LogP) is 3.29. The Labute approximate surface area is 96.9 Å². The standard InChI is InChI=1S/C14H18O2/c1-3-7-13(14(15)16-2)11-10-12-8-5-4-6-9-12/h4-6,8-11,13H,3,7H2,1-2H3. The minimum absolute atomic E-state index is 0.129. The molecule has 16 heavy (non-hydrogen) atoms. The van der Waals surface area contributed by atoms with Crippen LogP contribution in [0.2, 0.25) is 0 Å². The minimum atomic E-state index is -0.158. The molecule has 86 valence electrons. The molecule has 0 radical (unpaired) electrons. The molecule has 0 aromatic heterocycles. The van der Waals surface area contributed by atoms with Crippen LogP contribution in [0.1, 0.15) is 25.3 Å². The third-order valence-electron chi connectivity index (χ3n) is 2.42. The van der Waals surface area contributed by atoms with Gasteiger partial charge in [-0.05, 0) is 12.0 Å². The molecule has 2 nitrogen and oxygen atoms in total. The number of hydrogen-bond acceptors (Lipinski definition) is 2. The van der Waals surface area contributed by atoms with Crippen molar-refractivity contribution in [2.75, 3.05) is 7.11 Å². The minimum Gasteiger partial charge on any atom is -0.469 e. The maximum Gasteiger partial charge on any atom is 0.312 e. The van der Waals surface area contributed by atoms with Gasteiger partial charge in [-0.2, -0.15) is 0 Å². The quantitative estimate of drug-likeness (QED) is 0.709. The fourth-order valence-corrected chi connectivity index (χ4v) is 1.55. The number of carbonyl (C=O) groups excluding carboxylic acids is 1. The summed E-state index contributed by atoms with van der Waals surface area (Å²) < 4.78 is 4.76. The van der Waals surface area contributed by atoms with Crippen molar-refractivity contribution in [2.45, 2.75) is 19.8 Å². The number of ether oxygens (including phenoxy) is 1. The third kappa shape index (κ3) is 3.89. The van der Waals surface area contributed by atoms with Crippen LogP contribution in [-0.4, -0.2) is 13.1 Å². The fraction of sp³-hybridized carbons (Fsp3) is 0.357. The molecule has 1 aromatic carbocycles. The van der Waals surface area contributed by atoms with Crippen LogP contribution < -0.4 is 0 Å². The van der Waals surface area contributed by atoms with Crippen molar-refractivity contribution in [3.63, 3.8) is 0 Å². The molecule has 0 aliphatic carbocycles. The number of benzene rings is 1. The number of rotatable bonds is 5. The molecule has 0 amide bonds. The van der Waals surface area contributed by atoms with E-state index in [0.717, 1.165) is 18.4 Å². The van der Waals surface area contributed by atoms with Crippen LogP contribution in [0.3, 0.4) is 0 Å². The second-order valence-corrected chi connectivity index (χ2v) is 3.69. The summed E-state index contributed by atoms with van der Waals surface area (Å²) in [4.78, 5) is 11.4. The lowest BCUT2D eigenvalue weighted by Crippen LogP contribution is -2.13. The van der Waals surface area contributed by atoms with E-state index in [2.05, 4.69) is 6.92 Å². The van der Waals surface area contributed by atoms with E-state index in [0.29, 0.717) is 0 Å². The molecule has 0 fully saturated rings. The first kappa shape index (κ1) is 12.5. The van der Waals surface area contributed by atoms with Crippen LogP contribution in [-0.2, 0) is 9.53 Å². The topological polar surface area (TPSA) is 26.3 Å².